The number of amides is 1. The van der Waals surface area contributed by atoms with E-state index < -0.39 is 10.2 Å². The van der Waals surface area contributed by atoms with E-state index in [0.717, 1.165) is 5.56 Å². The van der Waals surface area contributed by atoms with E-state index in [2.05, 4.69) is 0 Å². The molecule has 0 aliphatic carbocycles. The van der Waals surface area contributed by atoms with Crippen molar-refractivity contribution in [2.75, 3.05) is 0 Å². The fraction of sp³-hybridized carbons (Fsp3) is 0.125. The molecule has 0 spiro atoms. The summed E-state index contributed by atoms with van der Waals surface area (Å²) < 4.78 is -0.568. The lowest BCUT2D eigenvalue weighted by Gasteiger charge is -2.01. The van der Waals surface area contributed by atoms with E-state index in [1.54, 1.807) is 19.1 Å². The lowest BCUT2D eigenvalue weighted by Crippen LogP contribution is -2.12. The number of hydrogen-bond acceptors (Lipinski definition) is 4. The highest BCUT2D eigenvalue weighted by Crippen LogP contribution is 2.23. The molecular weight excluding hydrogens is 204 g/mol. The van der Waals surface area contributed by atoms with E-state index in [0.29, 0.717) is 11.9 Å². The third-order valence-corrected chi connectivity index (χ3v) is 2.26. The Labute approximate surface area is 84.6 Å². The highest BCUT2D eigenvalue weighted by Gasteiger charge is 2.15. The number of carbonyl (C=O) groups is 1. The van der Waals surface area contributed by atoms with Crippen molar-refractivity contribution >= 4 is 17.9 Å². The topological polar surface area (TPSA) is 86.2 Å². The Morgan fingerprint density at radius 3 is 2.71 bits per heavy atom. The van der Waals surface area contributed by atoms with Crippen LogP contribution in [0.3, 0.4) is 0 Å². The Kier molecular flexibility index (Phi) is 3.08. The molecule has 0 bridgehead atoms. The Bertz CT molecular complexity index is 392. The van der Waals surface area contributed by atoms with Gasteiger partial charge in [-0.1, -0.05) is 6.07 Å². The van der Waals surface area contributed by atoms with Crippen LogP contribution in [0, 0.1) is 17.0 Å². The minimum Gasteiger partial charge on any atom is -0.366 e. The summed E-state index contributed by atoms with van der Waals surface area (Å²) in [6.07, 6.45) is 0. The van der Waals surface area contributed by atoms with Gasteiger partial charge in [0.15, 0.2) is 0 Å². The number of benzene rings is 1. The largest absolute Gasteiger partial charge is 0.366 e. The number of primary amides is 1. The van der Waals surface area contributed by atoms with Gasteiger partial charge in [-0.2, -0.15) is 0 Å². The van der Waals surface area contributed by atoms with Gasteiger partial charge in [-0.05, 0) is 24.6 Å². The van der Waals surface area contributed by atoms with Gasteiger partial charge in [-0.25, -0.2) is 0 Å². The molecule has 1 aromatic rings. The van der Waals surface area contributed by atoms with Crippen LogP contribution in [0.2, 0.25) is 0 Å². The molecule has 6 heteroatoms. The summed E-state index contributed by atoms with van der Waals surface area (Å²) >= 11 is 0.389. The van der Waals surface area contributed by atoms with Crippen molar-refractivity contribution in [3.8, 4) is 0 Å². The number of nitrogens with two attached hydrogens (primary N) is 1. The van der Waals surface area contributed by atoms with Crippen molar-refractivity contribution in [3.63, 3.8) is 0 Å². The Morgan fingerprint density at radius 2 is 2.21 bits per heavy atom. The summed E-state index contributed by atoms with van der Waals surface area (Å²) in [5, 5.41) is 10.3. The smallest absolute Gasteiger partial charge is 0.266 e. The monoisotopic (exact) mass is 212 g/mol. The normalized spacial score (nSPS) is 9.79. The van der Waals surface area contributed by atoms with Gasteiger partial charge in [0.05, 0.1) is 10.5 Å². The first-order valence-corrected chi connectivity index (χ1v) is 4.51. The molecule has 0 saturated heterocycles. The number of rotatable bonds is 3. The molecule has 1 aromatic carbocycles. The van der Waals surface area contributed by atoms with E-state index in [-0.39, 0.29) is 10.5 Å². The van der Waals surface area contributed by atoms with Gasteiger partial charge in [0, 0.05) is 0 Å². The van der Waals surface area contributed by atoms with Gasteiger partial charge in [0.1, 0.15) is 4.33 Å². The first kappa shape index (κ1) is 10.5. The van der Waals surface area contributed by atoms with Gasteiger partial charge < -0.3 is 5.73 Å². The number of hydrogen-bond donors (Lipinski definition) is 1. The summed E-state index contributed by atoms with van der Waals surface area (Å²) in [4.78, 5) is 21.5. The second-order valence-corrected chi connectivity index (χ2v) is 3.60. The third kappa shape index (κ3) is 2.46. The van der Waals surface area contributed by atoms with Crippen molar-refractivity contribution in [1.82, 2.24) is 0 Å². The van der Waals surface area contributed by atoms with Gasteiger partial charge in [0.25, 0.3) is 11.9 Å². The Morgan fingerprint density at radius 1 is 1.57 bits per heavy atom. The maximum atomic E-state index is 10.9. The van der Waals surface area contributed by atoms with E-state index in [4.69, 9.17) is 5.73 Å². The number of nitrogens with zero attached hydrogens (tertiary/aromatic N) is 1. The SMILES string of the molecule is Cc1ccc(C(N)=O)c(S[N+](=O)[O-])c1. The molecule has 1 rings (SSSR count). The highest BCUT2D eigenvalue weighted by molar-refractivity contribution is 7.93. The molecule has 14 heavy (non-hydrogen) atoms. The highest BCUT2D eigenvalue weighted by atomic mass is 32.2. The zero-order chi connectivity index (χ0) is 10.7. The van der Waals surface area contributed by atoms with Crippen molar-refractivity contribution in [3.05, 3.63) is 39.4 Å². The van der Waals surface area contributed by atoms with E-state index in [9.17, 15) is 14.9 Å². The molecular formula is C8H8N2O3S. The molecule has 0 aliphatic heterocycles. The van der Waals surface area contributed by atoms with Crippen LogP contribution >= 0.6 is 11.9 Å². The maximum absolute atomic E-state index is 10.9. The van der Waals surface area contributed by atoms with Crippen LogP contribution < -0.4 is 5.73 Å². The van der Waals surface area contributed by atoms with Crippen LogP contribution in [-0.4, -0.2) is 10.2 Å². The molecule has 0 fully saturated rings. The standard InChI is InChI=1S/C8H8N2O3S/c1-5-2-3-6(8(9)11)7(4-5)14-10(12)13/h2-4H,1H3,(H2,9,11). The quantitative estimate of drug-likeness (QED) is 0.466. The van der Waals surface area contributed by atoms with Crippen LogP contribution in [-0.2, 0) is 0 Å². The average Bonchev–Trinajstić information content (AvgIpc) is 2.01. The van der Waals surface area contributed by atoms with E-state index in [1.165, 1.54) is 6.07 Å². The Hall–Kier alpha value is -1.56. The summed E-state index contributed by atoms with van der Waals surface area (Å²) in [6, 6.07) is 4.74. The van der Waals surface area contributed by atoms with Crippen molar-refractivity contribution in [1.29, 1.82) is 0 Å². The molecule has 1 amide bonds. The van der Waals surface area contributed by atoms with Crippen molar-refractivity contribution in [2.24, 2.45) is 5.73 Å². The molecule has 2 N–H and O–H groups in total. The fourth-order valence-corrected chi connectivity index (χ4v) is 1.66. The summed E-state index contributed by atoms with van der Waals surface area (Å²) in [6.45, 7) is 1.79. The third-order valence-electron chi connectivity index (χ3n) is 1.58. The molecule has 0 aromatic heterocycles. The van der Waals surface area contributed by atoms with Crippen LogP contribution in [0.1, 0.15) is 15.9 Å². The van der Waals surface area contributed by atoms with Crippen LogP contribution in [0.15, 0.2) is 23.1 Å². The van der Waals surface area contributed by atoms with Gasteiger partial charge in [-0.3, -0.25) is 14.9 Å². The molecule has 0 heterocycles. The first-order valence-electron chi connectivity index (χ1n) is 3.73. The van der Waals surface area contributed by atoms with E-state index in [1.807, 2.05) is 0 Å². The lowest BCUT2D eigenvalue weighted by molar-refractivity contribution is -0.284. The second-order valence-electron chi connectivity index (χ2n) is 2.68. The fourth-order valence-electron chi connectivity index (χ4n) is 0.989. The van der Waals surface area contributed by atoms with E-state index >= 15 is 0 Å². The summed E-state index contributed by atoms with van der Waals surface area (Å²) in [5.74, 6) is -0.658. The molecule has 0 unspecified atom stereocenters. The van der Waals surface area contributed by atoms with Crippen molar-refractivity contribution < 1.29 is 9.12 Å². The van der Waals surface area contributed by atoms with Gasteiger partial charge in [0.2, 0.25) is 5.91 Å². The second kappa shape index (κ2) is 4.10. The lowest BCUT2D eigenvalue weighted by atomic mass is 10.1. The summed E-state index contributed by atoms with van der Waals surface area (Å²) in [7, 11) is 0. The number of carbonyl (C=O) groups excluding carboxylic acids is 1. The molecule has 0 aliphatic rings. The van der Waals surface area contributed by atoms with Crippen molar-refractivity contribution in [2.45, 2.75) is 11.8 Å². The summed E-state index contributed by atoms with van der Waals surface area (Å²) in [5.41, 5.74) is 6.09. The van der Waals surface area contributed by atoms with Crippen LogP contribution in [0.4, 0.5) is 0 Å². The van der Waals surface area contributed by atoms with Crippen LogP contribution in [0.5, 0.6) is 0 Å². The van der Waals surface area contributed by atoms with Gasteiger partial charge >= 0.3 is 0 Å². The minimum atomic E-state index is -0.658. The first-order chi connectivity index (χ1) is 6.50. The van der Waals surface area contributed by atoms with Crippen LogP contribution in [0.25, 0.3) is 0 Å². The van der Waals surface area contributed by atoms with Gasteiger partial charge in [-0.15, -0.1) is 0 Å². The predicted molar refractivity (Wildman–Crippen MR) is 52.5 cm³/mol. The zero-order valence-corrected chi connectivity index (χ0v) is 8.21. The molecule has 74 valence electrons. The number of nitro groups is 1. The predicted octanol–water partition coefficient (Wildman–Crippen LogP) is 1.38. The zero-order valence-electron chi connectivity index (χ0n) is 7.39. The Balaban J connectivity index is 3.15. The molecule has 0 atom stereocenters. The minimum absolute atomic E-state index is 0.178. The maximum Gasteiger partial charge on any atom is 0.266 e. The number of aryl methyl sites for hydroxylation is 1. The molecule has 5 nitrogen and oxygen atoms in total. The molecule has 0 radical (unpaired) electrons. The average molecular weight is 212 g/mol. The molecule has 0 saturated carbocycles.